The highest BCUT2D eigenvalue weighted by Gasteiger charge is 2.34. The van der Waals surface area contributed by atoms with Gasteiger partial charge >= 0.3 is 6.18 Å². The molecule has 1 aromatic heterocycles. The fourth-order valence-corrected chi connectivity index (χ4v) is 0.764. The summed E-state index contributed by atoms with van der Waals surface area (Å²) in [6.45, 7) is -0.234. The largest absolute Gasteiger partial charge is 0.452 e. The van der Waals surface area contributed by atoms with Crippen molar-refractivity contribution in [2.45, 2.75) is 6.18 Å². The molecule has 2 nitrogen and oxygen atoms in total. The van der Waals surface area contributed by atoms with Crippen LogP contribution in [0.15, 0.2) is 22.6 Å². The third-order valence-electron chi connectivity index (χ3n) is 1.29. The van der Waals surface area contributed by atoms with Crippen molar-refractivity contribution in [3.05, 3.63) is 29.7 Å². The number of hydrogen-bond donors (Lipinski definition) is 1. The zero-order valence-electron chi connectivity index (χ0n) is 6.51. The minimum atomic E-state index is -4.45. The van der Waals surface area contributed by atoms with Crippen molar-refractivity contribution in [1.29, 1.82) is 0 Å². The topological polar surface area (TPSA) is 33.4 Å². The fourth-order valence-electron chi connectivity index (χ4n) is 0.764. The Hall–Kier alpha value is -1.23. The van der Waals surface area contributed by atoms with Gasteiger partial charge < -0.3 is 9.52 Å². The van der Waals surface area contributed by atoms with Gasteiger partial charge in [-0.3, -0.25) is 0 Å². The second kappa shape index (κ2) is 3.66. The molecule has 0 bridgehead atoms. The van der Waals surface area contributed by atoms with Gasteiger partial charge in [0.15, 0.2) is 0 Å². The Kier molecular flexibility index (Phi) is 2.77. The molecule has 5 heteroatoms. The summed E-state index contributed by atoms with van der Waals surface area (Å²) in [5.41, 5.74) is 0. The first kappa shape index (κ1) is 9.85. The van der Waals surface area contributed by atoms with Gasteiger partial charge in [-0.25, -0.2) is 0 Å². The molecule has 0 saturated carbocycles. The molecule has 1 rings (SSSR count). The lowest BCUT2D eigenvalue weighted by molar-refractivity contribution is -0.153. The van der Waals surface area contributed by atoms with E-state index in [1.54, 1.807) is 0 Å². The normalized spacial score (nSPS) is 12.6. The molecule has 0 aromatic carbocycles. The smallest absolute Gasteiger partial charge is 0.449 e. The van der Waals surface area contributed by atoms with E-state index in [1.165, 1.54) is 18.2 Å². The van der Waals surface area contributed by atoms with Crippen LogP contribution in [-0.4, -0.2) is 11.7 Å². The molecule has 0 saturated heterocycles. The Bertz CT molecular complexity index is 299. The number of halogens is 3. The van der Waals surface area contributed by atoms with Crippen molar-refractivity contribution in [1.82, 2.24) is 0 Å². The molecular formula is C8H7F3O2. The van der Waals surface area contributed by atoms with Gasteiger partial charge in [-0.1, -0.05) is 6.08 Å². The summed E-state index contributed by atoms with van der Waals surface area (Å²) in [7, 11) is 0. The van der Waals surface area contributed by atoms with Gasteiger partial charge in [0.05, 0.1) is 6.61 Å². The number of rotatable bonds is 2. The highest BCUT2D eigenvalue weighted by Crippen LogP contribution is 2.30. The minimum absolute atomic E-state index is 0.0707. The molecule has 0 spiro atoms. The van der Waals surface area contributed by atoms with E-state index >= 15 is 0 Å². The van der Waals surface area contributed by atoms with Crippen molar-refractivity contribution in [2.75, 3.05) is 6.61 Å². The maximum Gasteiger partial charge on any atom is 0.449 e. The zero-order valence-corrected chi connectivity index (χ0v) is 6.51. The second-order valence-corrected chi connectivity index (χ2v) is 2.28. The molecule has 1 aromatic rings. The Balaban J connectivity index is 2.81. The van der Waals surface area contributed by atoms with Gasteiger partial charge in [0, 0.05) is 0 Å². The van der Waals surface area contributed by atoms with Crippen molar-refractivity contribution < 1.29 is 22.7 Å². The third-order valence-corrected chi connectivity index (χ3v) is 1.29. The molecular weight excluding hydrogens is 185 g/mol. The molecule has 0 aliphatic heterocycles. The van der Waals surface area contributed by atoms with Crippen molar-refractivity contribution in [3.8, 4) is 0 Å². The Labute approximate surface area is 72.3 Å². The number of aliphatic hydroxyl groups is 1. The molecule has 1 N–H and O–H groups in total. The van der Waals surface area contributed by atoms with Crippen molar-refractivity contribution in [3.63, 3.8) is 0 Å². The van der Waals surface area contributed by atoms with E-state index in [9.17, 15) is 13.2 Å². The Morgan fingerprint density at radius 1 is 1.38 bits per heavy atom. The lowest BCUT2D eigenvalue weighted by Crippen LogP contribution is -2.01. The molecule has 0 fully saturated rings. The van der Waals surface area contributed by atoms with Crippen LogP contribution in [-0.2, 0) is 6.18 Å². The van der Waals surface area contributed by atoms with Crippen LogP contribution in [0.1, 0.15) is 11.5 Å². The molecule has 0 aliphatic rings. The first-order valence-electron chi connectivity index (χ1n) is 3.48. The standard InChI is InChI=1S/C8H7F3O2/c9-8(10,11)7-4-3-6(13-7)2-1-5-12/h1-4,12H,5H2. The summed E-state index contributed by atoms with van der Waals surface area (Å²) in [6, 6.07) is 2.03. The minimum Gasteiger partial charge on any atom is -0.452 e. The van der Waals surface area contributed by atoms with Gasteiger partial charge in [0.1, 0.15) is 5.76 Å². The van der Waals surface area contributed by atoms with Crippen LogP contribution >= 0.6 is 0 Å². The molecule has 0 atom stereocenters. The van der Waals surface area contributed by atoms with Gasteiger partial charge in [-0.2, -0.15) is 13.2 Å². The highest BCUT2D eigenvalue weighted by molar-refractivity contribution is 5.43. The summed E-state index contributed by atoms with van der Waals surface area (Å²) in [4.78, 5) is 0. The molecule has 0 amide bonds. The zero-order chi connectivity index (χ0) is 9.90. The Morgan fingerprint density at radius 2 is 2.08 bits per heavy atom. The van der Waals surface area contributed by atoms with Crippen LogP contribution in [0.2, 0.25) is 0 Å². The lowest BCUT2D eigenvalue weighted by atomic mass is 10.4. The average molecular weight is 192 g/mol. The summed E-state index contributed by atoms with van der Waals surface area (Å²) in [5.74, 6) is -0.966. The summed E-state index contributed by atoms with van der Waals surface area (Å²) in [5, 5.41) is 8.34. The molecule has 0 radical (unpaired) electrons. The van der Waals surface area contributed by atoms with E-state index in [1.807, 2.05) is 0 Å². The maximum absolute atomic E-state index is 12.0. The van der Waals surface area contributed by atoms with Crippen LogP contribution in [0, 0.1) is 0 Å². The van der Waals surface area contributed by atoms with Crippen LogP contribution in [0.4, 0.5) is 13.2 Å². The van der Waals surface area contributed by atoms with Crippen molar-refractivity contribution in [2.24, 2.45) is 0 Å². The number of hydrogen-bond acceptors (Lipinski definition) is 2. The van der Waals surface area contributed by atoms with E-state index in [0.717, 1.165) is 6.07 Å². The van der Waals surface area contributed by atoms with Gasteiger partial charge in [0.25, 0.3) is 0 Å². The van der Waals surface area contributed by atoms with Crippen LogP contribution in [0.5, 0.6) is 0 Å². The molecule has 0 unspecified atom stereocenters. The average Bonchev–Trinajstić information content (AvgIpc) is 2.47. The van der Waals surface area contributed by atoms with Crippen LogP contribution in [0.3, 0.4) is 0 Å². The first-order valence-corrected chi connectivity index (χ1v) is 3.48. The predicted molar refractivity (Wildman–Crippen MR) is 39.8 cm³/mol. The molecule has 1 heterocycles. The van der Waals surface area contributed by atoms with E-state index in [2.05, 4.69) is 4.42 Å². The summed E-state index contributed by atoms with van der Waals surface area (Å²) < 4.78 is 40.3. The van der Waals surface area contributed by atoms with E-state index < -0.39 is 11.9 Å². The monoisotopic (exact) mass is 192 g/mol. The van der Waals surface area contributed by atoms with E-state index in [-0.39, 0.29) is 12.4 Å². The predicted octanol–water partition coefficient (Wildman–Crippen LogP) is 2.30. The maximum atomic E-state index is 12.0. The molecule has 72 valence electrons. The first-order chi connectivity index (χ1) is 6.04. The number of furan rings is 1. The SMILES string of the molecule is OCC=Cc1ccc(C(F)(F)F)o1. The highest BCUT2D eigenvalue weighted by atomic mass is 19.4. The second-order valence-electron chi connectivity index (χ2n) is 2.28. The van der Waals surface area contributed by atoms with Gasteiger partial charge in [-0.05, 0) is 18.2 Å². The number of aliphatic hydroxyl groups excluding tert-OH is 1. The van der Waals surface area contributed by atoms with Crippen molar-refractivity contribution >= 4 is 6.08 Å². The summed E-state index contributed by atoms with van der Waals surface area (Å²) in [6.07, 6.45) is -1.89. The van der Waals surface area contributed by atoms with Gasteiger partial charge in [-0.15, -0.1) is 0 Å². The molecule has 0 aliphatic carbocycles. The van der Waals surface area contributed by atoms with Crippen LogP contribution in [0.25, 0.3) is 6.08 Å². The van der Waals surface area contributed by atoms with Gasteiger partial charge in [0.2, 0.25) is 5.76 Å². The lowest BCUT2D eigenvalue weighted by Gasteiger charge is -1.99. The molecule has 13 heavy (non-hydrogen) atoms. The van der Waals surface area contributed by atoms with E-state index in [4.69, 9.17) is 5.11 Å². The van der Waals surface area contributed by atoms with E-state index in [0.29, 0.717) is 0 Å². The van der Waals surface area contributed by atoms with Crippen LogP contribution < -0.4 is 0 Å². The number of alkyl halides is 3. The third kappa shape index (κ3) is 2.62. The Morgan fingerprint density at radius 3 is 2.54 bits per heavy atom. The quantitative estimate of drug-likeness (QED) is 0.779. The summed E-state index contributed by atoms with van der Waals surface area (Å²) >= 11 is 0. The fraction of sp³-hybridized carbons (Fsp3) is 0.250.